The largest absolute Gasteiger partial charge is 0.353 e. The number of ketones is 2. The Morgan fingerprint density at radius 1 is 1.30 bits per heavy atom. The fourth-order valence-electron chi connectivity index (χ4n) is 4.01. The van der Waals surface area contributed by atoms with Crippen molar-refractivity contribution in [1.82, 2.24) is 10.3 Å². The Labute approximate surface area is 179 Å². The molecule has 2 unspecified atom stereocenters. The summed E-state index contributed by atoms with van der Waals surface area (Å²) in [5, 5.41) is 2.84. The molecular formula is C23H22ClFN2O3. The molecule has 1 fully saturated rings. The van der Waals surface area contributed by atoms with Crippen LogP contribution in [0.15, 0.2) is 37.1 Å². The van der Waals surface area contributed by atoms with Crippen molar-refractivity contribution in [3.63, 3.8) is 0 Å². The SMILES string of the molecule is C=CCNC(=O)CC1CC(=O)C(c2c(C)cc(-c3ncc(Cl)cc3F)cc2C)C1=O. The lowest BCUT2D eigenvalue weighted by Gasteiger charge is -2.17. The van der Waals surface area contributed by atoms with Crippen LogP contribution in [0, 0.1) is 25.6 Å². The van der Waals surface area contributed by atoms with E-state index in [-0.39, 0.29) is 41.0 Å². The molecular weight excluding hydrogens is 407 g/mol. The van der Waals surface area contributed by atoms with Gasteiger partial charge >= 0.3 is 0 Å². The van der Waals surface area contributed by atoms with Crippen LogP contribution < -0.4 is 5.32 Å². The van der Waals surface area contributed by atoms with Gasteiger partial charge in [-0.2, -0.15) is 0 Å². The standard InChI is InChI=1S/C23H22ClFN2O3/c1-4-5-26-19(29)9-15-8-18(28)21(23(15)30)20-12(2)6-14(7-13(20)3)22-17(25)10-16(24)11-27-22/h4,6-7,10-11,15,21H,1,5,8-9H2,2-3H3,(H,26,29). The first-order chi connectivity index (χ1) is 14.2. The van der Waals surface area contributed by atoms with E-state index in [2.05, 4.69) is 16.9 Å². The number of hydrogen-bond acceptors (Lipinski definition) is 4. The molecule has 30 heavy (non-hydrogen) atoms. The van der Waals surface area contributed by atoms with Crippen molar-refractivity contribution in [2.75, 3.05) is 6.54 Å². The number of Topliss-reactive ketones (excluding diaryl/α,β-unsaturated/α-hetero) is 2. The Bertz CT molecular complexity index is 1030. The number of carbonyl (C=O) groups excluding carboxylic acids is 3. The maximum absolute atomic E-state index is 14.3. The summed E-state index contributed by atoms with van der Waals surface area (Å²) in [6, 6.07) is 4.62. The molecule has 2 atom stereocenters. The fourth-order valence-corrected chi connectivity index (χ4v) is 4.15. The summed E-state index contributed by atoms with van der Waals surface area (Å²) in [6.07, 6.45) is 2.93. The van der Waals surface area contributed by atoms with Crippen LogP contribution in [0.4, 0.5) is 4.39 Å². The van der Waals surface area contributed by atoms with Crippen molar-refractivity contribution >= 4 is 29.1 Å². The van der Waals surface area contributed by atoms with Crippen LogP contribution in [0.25, 0.3) is 11.3 Å². The second-order valence-electron chi connectivity index (χ2n) is 7.51. The van der Waals surface area contributed by atoms with E-state index in [4.69, 9.17) is 11.6 Å². The van der Waals surface area contributed by atoms with Crippen LogP contribution in [0.1, 0.15) is 35.4 Å². The molecule has 1 aromatic carbocycles. The zero-order valence-corrected chi connectivity index (χ0v) is 17.6. The third-order valence-electron chi connectivity index (χ3n) is 5.30. The van der Waals surface area contributed by atoms with Crippen LogP contribution in [0.3, 0.4) is 0 Å². The summed E-state index contributed by atoms with van der Waals surface area (Å²) in [7, 11) is 0. The lowest BCUT2D eigenvalue weighted by atomic mass is 9.85. The molecule has 1 aliphatic carbocycles. The maximum Gasteiger partial charge on any atom is 0.220 e. The summed E-state index contributed by atoms with van der Waals surface area (Å²) in [4.78, 5) is 41.7. The van der Waals surface area contributed by atoms with Crippen molar-refractivity contribution in [3.8, 4) is 11.3 Å². The lowest BCUT2D eigenvalue weighted by Crippen LogP contribution is -2.27. The number of nitrogens with one attached hydrogen (secondary N) is 1. The zero-order chi connectivity index (χ0) is 22.0. The smallest absolute Gasteiger partial charge is 0.220 e. The van der Waals surface area contributed by atoms with Gasteiger partial charge in [-0.15, -0.1) is 6.58 Å². The van der Waals surface area contributed by atoms with Gasteiger partial charge in [-0.1, -0.05) is 17.7 Å². The predicted molar refractivity (Wildman–Crippen MR) is 113 cm³/mol. The number of nitrogens with zero attached hydrogens (tertiary/aromatic N) is 1. The minimum Gasteiger partial charge on any atom is -0.353 e. The van der Waals surface area contributed by atoms with E-state index in [0.29, 0.717) is 28.8 Å². The summed E-state index contributed by atoms with van der Waals surface area (Å²) >= 11 is 5.78. The van der Waals surface area contributed by atoms with Crippen LogP contribution in [0.2, 0.25) is 5.02 Å². The highest BCUT2D eigenvalue weighted by Gasteiger charge is 2.43. The Hall–Kier alpha value is -2.86. The first-order valence-corrected chi connectivity index (χ1v) is 9.97. The number of halogens is 2. The van der Waals surface area contributed by atoms with E-state index in [1.165, 1.54) is 12.3 Å². The van der Waals surface area contributed by atoms with Gasteiger partial charge in [0, 0.05) is 37.1 Å². The number of amides is 1. The highest BCUT2D eigenvalue weighted by atomic mass is 35.5. The first kappa shape index (κ1) is 21.8. The molecule has 2 aromatic rings. The average Bonchev–Trinajstić information content (AvgIpc) is 2.93. The Kier molecular flexibility index (Phi) is 6.46. The first-order valence-electron chi connectivity index (χ1n) is 9.59. The molecule has 0 bridgehead atoms. The molecule has 1 N–H and O–H groups in total. The van der Waals surface area contributed by atoms with Gasteiger partial charge < -0.3 is 5.32 Å². The number of benzene rings is 1. The van der Waals surface area contributed by atoms with Gasteiger partial charge in [-0.05, 0) is 48.7 Å². The van der Waals surface area contributed by atoms with Crippen molar-refractivity contribution in [1.29, 1.82) is 0 Å². The molecule has 156 valence electrons. The number of hydrogen-bond donors (Lipinski definition) is 1. The van der Waals surface area contributed by atoms with E-state index in [0.717, 1.165) is 0 Å². The normalized spacial score (nSPS) is 18.5. The van der Waals surface area contributed by atoms with Crippen LogP contribution in [-0.4, -0.2) is 29.0 Å². The van der Waals surface area contributed by atoms with Gasteiger partial charge in [0.2, 0.25) is 5.91 Å². The highest BCUT2D eigenvalue weighted by Crippen LogP contribution is 2.38. The third-order valence-corrected chi connectivity index (χ3v) is 5.50. The molecule has 1 aliphatic rings. The zero-order valence-electron chi connectivity index (χ0n) is 16.8. The number of pyridine rings is 1. The van der Waals surface area contributed by atoms with Crippen molar-refractivity contribution in [3.05, 3.63) is 64.6 Å². The molecule has 0 aliphatic heterocycles. The second kappa shape index (κ2) is 8.88. The van der Waals surface area contributed by atoms with E-state index in [9.17, 15) is 18.8 Å². The summed E-state index contributed by atoms with van der Waals surface area (Å²) in [5.41, 5.74) is 2.71. The van der Waals surface area contributed by atoms with Crippen molar-refractivity contribution < 1.29 is 18.8 Å². The van der Waals surface area contributed by atoms with Crippen LogP contribution in [-0.2, 0) is 14.4 Å². The summed E-state index contributed by atoms with van der Waals surface area (Å²) in [6.45, 7) is 7.41. The van der Waals surface area contributed by atoms with E-state index < -0.39 is 17.7 Å². The van der Waals surface area contributed by atoms with Gasteiger partial charge in [0.25, 0.3) is 0 Å². The van der Waals surface area contributed by atoms with Gasteiger partial charge in [0.15, 0.2) is 11.6 Å². The molecule has 1 saturated carbocycles. The minimum atomic E-state index is -0.903. The lowest BCUT2D eigenvalue weighted by molar-refractivity contribution is -0.128. The van der Waals surface area contributed by atoms with Crippen molar-refractivity contribution in [2.45, 2.75) is 32.6 Å². The Morgan fingerprint density at radius 3 is 2.57 bits per heavy atom. The van der Waals surface area contributed by atoms with Gasteiger partial charge in [0.1, 0.15) is 17.4 Å². The fraction of sp³-hybridized carbons (Fsp3) is 0.304. The molecule has 1 aromatic heterocycles. The van der Waals surface area contributed by atoms with Gasteiger partial charge in [-0.3, -0.25) is 19.4 Å². The van der Waals surface area contributed by atoms with E-state index in [1.54, 1.807) is 32.1 Å². The predicted octanol–water partition coefficient (Wildman–Crippen LogP) is 4.09. The molecule has 7 heteroatoms. The molecule has 3 rings (SSSR count). The average molecular weight is 429 g/mol. The summed E-state index contributed by atoms with van der Waals surface area (Å²) < 4.78 is 14.3. The Balaban J connectivity index is 1.90. The highest BCUT2D eigenvalue weighted by molar-refractivity contribution is 6.30. The molecule has 0 spiro atoms. The van der Waals surface area contributed by atoms with Gasteiger partial charge in [-0.25, -0.2) is 4.39 Å². The molecule has 1 amide bonds. The number of carbonyl (C=O) groups is 3. The van der Waals surface area contributed by atoms with Gasteiger partial charge in [0.05, 0.1) is 5.02 Å². The molecule has 0 saturated heterocycles. The molecule has 1 heterocycles. The number of aromatic nitrogens is 1. The molecule has 5 nitrogen and oxygen atoms in total. The van der Waals surface area contributed by atoms with Crippen LogP contribution >= 0.6 is 11.6 Å². The number of rotatable bonds is 6. The molecule has 0 radical (unpaired) electrons. The summed E-state index contributed by atoms with van der Waals surface area (Å²) in [5.74, 6) is -2.82. The van der Waals surface area contributed by atoms with Crippen molar-refractivity contribution in [2.24, 2.45) is 5.92 Å². The van der Waals surface area contributed by atoms with E-state index >= 15 is 0 Å². The monoisotopic (exact) mass is 428 g/mol. The third kappa shape index (κ3) is 4.33. The minimum absolute atomic E-state index is 0.0228. The Morgan fingerprint density at radius 2 is 1.97 bits per heavy atom. The number of aryl methyl sites for hydroxylation is 2. The topological polar surface area (TPSA) is 76.1 Å². The maximum atomic E-state index is 14.3. The second-order valence-corrected chi connectivity index (χ2v) is 7.94. The quantitative estimate of drug-likeness (QED) is 0.555. The van der Waals surface area contributed by atoms with Crippen LogP contribution in [0.5, 0.6) is 0 Å². The van der Waals surface area contributed by atoms with E-state index in [1.807, 2.05) is 0 Å².